The van der Waals surface area contributed by atoms with E-state index in [0.29, 0.717) is 19.8 Å². The van der Waals surface area contributed by atoms with Gasteiger partial charge in [0, 0.05) is 26.7 Å². The number of rotatable bonds is 9. The first kappa shape index (κ1) is 15.1. The minimum Gasteiger partial charge on any atom is -0.382 e. The van der Waals surface area contributed by atoms with Crippen LogP contribution in [0.4, 0.5) is 0 Å². The lowest BCUT2D eigenvalue weighted by Gasteiger charge is -2.17. The molecule has 0 saturated heterocycles. The summed E-state index contributed by atoms with van der Waals surface area (Å²) >= 11 is 0. The molecule has 0 saturated carbocycles. The predicted molar refractivity (Wildman–Crippen MR) is 73.4 cm³/mol. The van der Waals surface area contributed by atoms with Crippen LogP contribution in [0.1, 0.15) is 11.1 Å². The Kier molecular flexibility index (Phi) is 7.60. The minimum atomic E-state index is 0.595. The van der Waals surface area contributed by atoms with E-state index < -0.39 is 0 Å². The molecule has 1 aromatic rings. The van der Waals surface area contributed by atoms with Crippen LogP contribution in [-0.2, 0) is 22.6 Å². The summed E-state index contributed by atoms with van der Waals surface area (Å²) in [6.45, 7) is 4.47. The monoisotopic (exact) mass is 252 g/mol. The van der Waals surface area contributed by atoms with Crippen LogP contribution >= 0.6 is 0 Å². The molecular weight excluding hydrogens is 228 g/mol. The van der Waals surface area contributed by atoms with Crippen molar-refractivity contribution in [1.29, 1.82) is 0 Å². The van der Waals surface area contributed by atoms with Crippen LogP contribution in [0.2, 0.25) is 0 Å². The summed E-state index contributed by atoms with van der Waals surface area (Å²) in [6.07, 6.45) is 0. The standard InChI is InChI=1S/C14H24N2O2/c1-16(6-7-18-9-8-17-2)12-14-5-3-4-13(10-14)11-15/h3-5,10H,6-9,11-12,15H2,1-2H3. The Morgan fingerprint density at radius 3 is 2.67 bits per heavy atom. The van der Waals surface area contributed by atoms with Gasteiger partial charge in [-0.1, -0.05) is 24.3 Å². The average Bonchev–Trinajstić information content (AvgIpc) is 2.38. The van der Waals surface area contributed by atoms with E-state index in [1.807, 2.05) is 0 Å². The molecule has 0 heterocycles. The molecular formula is C14H24N2O2. The number of nitrogens with zero attached hydrogens (tertiary/aromatic N) is 1. The molecule has 0 aromatic heterocycles. The average molecular weight is 252 g/mol. The highest BCUT2D eigenvalue weighted by molar-refractivity contribution is 5.23. The van der Waals surface area contributed by atoms with E-state index >= 15 is 0 Å². The third-order valence-corrected chi connectivity index (χ3v) is 2.73. The predicted octanol–water partition coefficient (Wildman–Crippen LogP) is 1.24. The summed E-state index contributed by atoms with van der Waals surface area (Å²) < 4.78 is 10.4. The van der Waals surface area contributed by atoms with Gasteiger partial charge in [-0.25, -0.2) is 0 Å². The topological polar surface area (TPSA) is 47.7 Å². The Morgan fingerprint density at radius 2 is 1.94 bits per heavy atom. The van der Waals surface area contributed by atoms with Crippen LogP contribution in [0, 0.1) is 0 Å². The third-order valence-electron chi connectivity index (χ3n) is 2.73. The highest BCUT2D eigenvalue weighted by Gasteiger charge is 2.01. The van der Waals surface area contributed by atoms with Crippen molar-refractivity contribution in [2.24, 2.45) is 5.73 Å². The van der Waals surface area contributed by atoms with Crippen LogP contribution in [-0.4, -0.2) is 45.4 Å². The summed E-state index contributed by atoms with van der Waals surface area (Å²) in [6, 6.07) is 8.39. The molecule has 0 aliphatic heterocycles. The van der Waals surface area contributed by atoms with Crippen molar-refractivity contribution in [2.75, 3.05) is 40.5 Å². The first-order valence-electron chi connectivity index (χ1n) is 6.29. The second-order valence-corrected chi connectivity index (χ2v) is 4.37. The summed E-state index contributed by atoms with van der Waals surface area (Å²) in [5.41, 5.74) is 8.10. The lowest BCUT2D eigenvalue weighted by atomic mass is 10.1. The van der Waals surface area contributed by atoms with Crippen molar-refractivity contribution < 1.29 is 9.47 Å². The molecule has 0 amide bonds. The molecule has 0 atom stereocenters. The number of likely N-dealkylation sites (N-methyl/N-ethyl adjacent to an activating group) is 1. The van der Waals surface area contributed by atoms with Crippen molar-refractivity contribution in [3.63, 3.8) is 0 Å². The van der Waals surface area contributed by atoms with Gasteiger partial charge in [0.1, 0.15) is 0 Å². The molecule has 0 aliphatic carbocycles. The highest BCUT2D eigenvalue weighted by atomic mass is 16.5. The second kappa shape index (κ2) is 9.05. The molecule has 2 N–H and O–H groups in total. The summed E-state index contributed by atoms with van der Waals surface area (Å²) in [7, 11) is 3.77. The van der Waals surface area contributed by atoms with Crippen molar-refractivity contribution in [2.45, 2.75) is 13.1 Å². The van der Waals surface area contributed by atoms with E-state index in [0.717, 1.165) is 19.7 Å². The Balaban J connectivity index is 2.24. The molecule has 0 radical (unpaired) electrons. The highest BCUT2D eigenvalue weighted by Crippen LogP contribution is 2.06. The van der Waals surface area contributed by atoms with E-state index in [1.165, 1.54) is 11.1 Å². The van der Waals surface area contributed by atoms with Crippen LogP contribution in [0.5, 0.6) is 0 Å². The zero-order valence-corrected chi connectivity index (χ0v) is 11.4. The Bertz CT molecular complexity index is 331. The largest absolute Gasteiger partial charge is 0.382 e. The molecule has 1 rings (SSSR count). The smallest absolute Gasteiger partial charge is 0.0700 e. The molecule has 0 fully saturated rings. The second-order valence-electron chi connectivity index (χ2n) is 4.37. The van der Waals surface area contributed by atoms with Gasteiger partial charge in [-0.15, -0.1) is 0 Å². The summed E-state index contributed by atoms with van der Waals surface area (Å²) in [5.74, 6) is 0. The molecule has 1 aromatic carbocycles. The number of hydrogen-bond acceptors (Lipinski definition) is 4. The van der Waals surface area contributed by atoms with Crippen molar-refractivity contribution >= 4 is 0 Å². The fourth-order valence-corrected chi connectivity index (χ4v) is 1.71. The zero-order valence-electron chi connectivity index (χ0n) is 11.4. The van der Waals surface area contributed by atoms with E-state index in [-0.39, 0.29) is 0 Å². The van der Waals surface area contributed by atoms with E-state index in [4.69, 9.17) is 15.2 Å². The lowest BCUT2D eigenvalue weighted by molar-refractivity contribution is 0.0598. The fourth-order valence-electron chi connectivity index (χ4n) is 1.71. The third kappa shape index (κ3) is 6.12. The maximum atomic E-state index is 5.63. The Labute approximate surface area is 110 Å². The summed E-state index contributed by atoms with van der Waals surface area (Å²) in [5, 5.41) is 0. The van der Waals surface area contributed by atoms with Gasteiger partial charge in [0.05, 0.1) is 19.8 Å². The van der Waals surface area contributed by atoms with Gasteiger partial charge in [-0.2, -0.15) is 0 Å². The van der Waals surface area contributed by atoms with Gasteiger partial charge in [0.15, 0.2) is 0 Å². The number of benzene rings is 1. The maximum Gasteiger partial charge on any atom is 0.0700 e. The zero-order chi connectivity index (χ0) is 13.2. The number of nitrogens with two attached hydrogens (primary N) is 1. The molecule has 0 bridgehead atoms. The molecule has 4 heteroatoms. The van der Waals surface area contributed by atoms with E-state index in [9.17, 15) is 0 Å². The van der Waals surface area contributed by atoms with Gasteiger partial charge < -0.3 is 15.2 Å². The quantitative estimate of drug-likeness (QED) is 0.672. The van der Waals surface area contributed by atoms with Crippen LogP contribution in [0.3, 0.4) is 0 Å². The van der Waals surface area contributed by atoms with Gasteiger partial charge in [-0.3, -0.25) is 4.90 Å². The van der Waals surface area contributed by atoms with Gasteiger partial charge in [0.2, 0.25) is 0 Å². The van der Waals surface area contributed by atoms with E-state index in [2.05, 4.69) is 36.2 Å². The van der Waals surface area contributed by atoms with Crippen molar-refractivity contribution in [3.8, 4) is 0 Å². The maximum absolute atomic E-state index is 5.63. The molecule has 4 nitrogen and oxygen atoms in total. The molecule has 18 heavy (non-hydrogen) atoms. The Hall–Kier alpha value is -0.940. The van der Waals surface area contributed by atoms with Crippen LogP contribution in [0.25, 0.3) is 0 Å². The van der Waals surface area contributed by atoms with Crippen LogP contribution in [0.15, 0.2) is 24.3 Å². The molecule has 0 spiro atoms. The van der Waals surface area contributed by atoms with Crippen LogP contribution < -0.4 is 5.73 Å². The van der Waals surface area contributed by atoms with Crippen molar-refractivity contribution in [3.05, 3.63) is 35.4 Å². The number of methoxy groups -OCH3 is 1. The number of hydrogen-bond donors (Lipinski definition) is 1. The summed E-state index contributed by atoms with van der Waals surface area (Å²) in [4.78, 5) is 2.24. The minimum absolute atomic E-state index is 0.595. The lowest BCUT2D eigenvalue weighted by Crippen LogP contribution is -2.23. The first-order chi connectivity index (χ1) is 8.76. The van der Waals surface area contributed by atoms with E-state index in [1.54, 1.807) is 7.11 Å². The van der Waals surface area contributed by atoms with Gasteiger partial charge in [0.25, 0.3) is 0 Å². The molecule has 0 unspecified atom stereocenters. The first-order valence-corrected chi connectivity index (χ1v) is 6.29. The van der Waals surface area contributed by atoms with Crippen molar-refractivity contribution in [1.82, 2.24) is 4.90 Å². The fraction of sp³-hybridized carbons (Fsp3) is 0.571. The molecule has 0 aliphatic rings. The Morgan fingerprint density at radius 1 is 1.17 bits per heavy atom. The number of ether oxygens (including phenoxy) is 2. The van der Waals surface area contributed by atoms with Gasteiger partial charge >= 0.3 is 0 Å². The normalized spacial score (nSPS) is 11.1. The SMILES string of the molecule is COCCOCCN(C)Cc1cccc(CN)c1. The van der Waals surface area contributed by atoms with Gasteiger partial charge in [-0.05, 0) is 18.2 Å². The molecule has 102 valence electrons.